The predicted octanol–water partition coefficient (Wildman–Crippen LogP) is 8.27. The second-order valence-corrected chi connectivity index (χ2v) is 12.5. The number of hydrogen-bond acceptors (Lipinski definition) is 6. The van der Waals surface area contributed by atoms with E-state index in [1.54, 1.807) is 75.4 Å². The Kier molecular flexibility index (Phi) is 9.71. The lowest BCUT2D eigenvalue weighted by Crippen LogP contribution is -2.51. The Hall–Kier alpha value is -5.76. The zero-order valence-electron chi connectivity index (χ0n) is 27.3. The summed E-state index contributed by atoms with van der Waals surface area (Å²) >= 11 is 0. The topological polar surface area (TPSA) is 104 Å². The molecule has 0 N–H and O–H groups in total. The quantitative estimate of drug-likeness (QED) is 0.186. The van der Waals surface area contributed by atoms with Gasteiger partial charge in [0.2, 0.25) is 0 Å². The Morgan fingerprint density at radius 2 is 1.80 bits per heavy atom. The maximum Gasteiger partial charge on any atom is 0.416 e. The van der Waals surface area contributed by atoms with E-state index < -0.39 is 41.2 Å². The van der Waals surface area contributed by atoms with Crippen LogP contribution in [0.2, 0.25) is 0 Å². The van der Waals surface area contributed by atoms with Crippen LogP contribution in [0.1, 0.15) is 67.2 Å². The number of esters is 1. The van der Waals surface area contributed by atoms with Crippen molar-refractivity contribution in [2.75, 3.05) is 11.4 Å². The molecule has 1 unspecified atom stereocenters. The minimum Gasteiger partial charge on any atom is -0.456 e. The first-order valence-electron chi connectivity index (χ1n) is 15.4. The molecular formula is C38H33F3N4O4. The molecule has 0 radical (unpaired) electrons. The summed E-state index contributed by atoms with van der Waals surface area (Å²) in [5, 5.41) is 9.46. The summed E-state index contributed by atoms with van der Waals surface area (Å²) < 4.78 is 47.2. The molecule has 2 amide bonds. The third-order valence-corrected chi connectivity index (χ3v) is 7.84. The number of benzene rings is 2. The van der Waals surface area contributed by atoms with E-state index in [0.29, 0.717) is 23.1 Å². The number of rotatable bonds is 7. The number of urea groups is 1. The summed E-state index contributed by atoms with van der Waals surface area (Å²) in [5.41, 5.74) is 0.273. The van der Waals surface area contributed by atoms with Crippen LogP contribution in [0.25, 0.3) is 0 Å². The minimum atomic E-state index is -4.69. The Morgan fingerprint density at radius 3 is 2.43 bits per heavy atom. The summed E-state index contributed by atoms with van der Waals surface area (Å²) in [6.07, 6.45) is 5.43. The molecule has 0 spiro atoms. The molecule has 1 aliphatic heterocycles. The summed E-state index contributed by atoms with van der Waals surface area (Å²) in [6.45, 7) is 6.62. The normalized spacial score (nSPS) is 16.9. The molecule has 3 aromatic rings. The van der Waals surface area contributed by atoms with Crippen LogP contribution in [0.4, 0.5) is 23.7 Å². The van der Waals surface area contributed by atoms with Crippen LogP contribution in [0.5, 0.6) is 0 Å². The molecule has 0 saturated carbocycles. The summed E-state index contributed by atoms with van der Waals surface area (Å²) in [6, 6.07) is 14.2. The van der Waals surface area contributed by atoms with E-state index in [4.69, 9.17) is 4.74 Å². The van der Waals surface area contributed by atoms with Crippen LogP contribution in [0.15, 0.2) is 120 Å². The number of ketones is 1. The number of ether oxygens (including phenoxy) is 1. The molecule has 0 bridgehead atoms. The molecule has 0 saturated heterocycles. The third-order valence-electron chi connectivity index (χ3n) is 7.84. The monoisotopic (exact) mass is 666 g/mol. The lowest BCUT2D eigenvalue weighted by molar-refractivity contribution is -0.149. The van der Waals surface area contributed by atoms with Crippen LogP contribution in [0.3, 0.4) is 0 Å². The summed E-state index contributed by atoms with van der Waals surface area (Å²) in [7, 11) is 0. The van der Waals surface area contributed by atoms with Gasteiger partial charge in [0, 0.05) is 35.8 Å². The molecule has 2 aromatic carbocycles. The van der Waals surface area contributed by atoms with E-state index in [9.17, 15) is 32.8 Å². The van der Waals surface area contributed by atoms with Gasteiger partial charge in [0.05, 0.1) is 34.5 Å². The summed E-state index contributed by atoms with van der Waals surface area (Å²) in [4.78, 5) is 48.7. The highest BCUT2D eigenvalue weighted by Crippen LogP contribution is 2.42. The van der Waals surface area contributed by atoms with Gasteiger partial charge in [-0.15, -0.1) is 0 Å². The number of carbonyl (C=O) groups is 3. The molecule has 2 heterocycles. The van der Waals surface area contributed by atoms with Gasteiger partial charge in [-0.3, -0.25) is 14.7 Å². The van der Waals surface area contributed by atoms with Crippen molar-refractivity contribution in [3.05, 3.63) is 142 Å². The maximum absolute atomic E-state index is 14.7. The lowest BCUT2D eigenvalue weighted by atomic mass is 9.87. The highest BCUT2D eigenvalue weighted by atomic mass is 19.4. The van der Waals surface area contributed by atoms with E-state index in [2.05, 4.69) is 11.1 Å². The Bertz CT molecular complexity index is 1950. The highest BCUT2D eigenvalue weighted by molar-refractivity contribution is 6.13. The van der Waals surface area contributed by atoms with Gasteiger partial charge in [-0.2, -0.15) is 18.4 Å². The molecule has 1 atom stereocenters. The number of pyridine rings is 1. The number of nitrogens with zero attached hydrogens (tertiary/aromatic N) is 4. The van der Waals surface area contributed by atoms with Gasteiger partial charge < -0.3 is 9.64 Å². The number of allylic oxidation sites excluding steroid dienone is 3. The number of amides is 2. The van der Waals surface area contributed by atoms with Crippen molar-refractivity contribution in [1.82, 2.24) is 9.88 Å². The van der Waals surface area contributed by atoms with Gasteiger partial charge in [-0.25, -0.2) is 9.59 Å². The molecule has 8 nitrogen and oxygen atoms in total. The van der Waals surface area contributed by atoms with Crippen LogP contribution in [0, 0.1) is 11.3 Å². The fourth-order valence-electron chi connectivity index (χ4n) is 5.66. The average Bonchev–Trinajstić information content (AvgIpc) is 3.31. The molecule has 1 aromatic heterocycles. The maximum atomic E-state index is 14.7. The Labute approximate surface area is 282 Å². The molecule has 49 heavy (non-hydrogen) atoms. The second kappa shape index (κ2) is 13.8. The zero-order chi connectivity index (χ0) is 35.5. The third kappa shape index (κ3) is 7.70. The molecule has 2 aliphatic rings. The van der Waals surface area contributed by atoms with Gasteiger partial charge in [0.1, 0.15) is 5.60 Å². The van der Waals surface area contributed by atoms with Crippen molar-refractivity contribution in [2.45, 2.75) is 51.9 Å². The van der Waals surface area contributed by atoms with E-state index >= 15 is 0 Å². The van der Waals surface area contributed by atoms with Crippen LogP contribution in [-0.2, 0) is 15.7 Å². The van der Waals surface area contributed by atoms with E-state index in [1.165, 1.54) is 36.4 Å². The van der Waals surface area contributed by atoms with Crippen molar-refractivity contribution in [3.63, 3.8) is 0 Å². The summed E-state index contributed by atoms with van der Waals surface area (Å²) in [5.74, 6) is -1.06. The highest BCUT2D eigenvalue weighted by Gasteiger charge is 2.43. The number of alkyl halides is 3. The first-order chi connectivity index (χ1) is 23.2. The number of anilines is 1. The molecule has 5 rings (SSSR count). The molecule has 1 aliphatic carbocycles. The number of hydrogen-bond donors (Lipinski definition) is 0. The first-order valence-corrected chi connectivity index (χ1v) is 15.4. The van der Waals surface area contributed by atoms with Crippen LogP contribution in [-0.4, -0.2) is 39.8 Å². The largest absolute Gasteiger partial charge is 0.456 e. The predicted molar refractivity (Wildman–Crippen MR) is 177 cm³/mol. The van der Waals surface area contributed by atoms with Crippen molar-refractivity contribution in [2.24, 2.45) is 0 Å². The Balaban J connectivity index is 1.72. The Morgan fingerprint density at radius 1 is 1.06 bits per heavy atom. The van der Waals surface area contributed by atoms with E-state index in [0.717, 1.165) is 17.0 Å². The molecule has 0 fully saturated rings. The smallest absolute Gasteiger partial charge is 0.416 e. The number of halogens is 3. The van der Waals surface area contributed by atoms with E-state index in [-0.39, 0.29) is 34.6 Å². The number of aromatic nitrogens is 1. The first kappa shape index (κ1) is 34.6. The van der Waals surface area contributed by atoms with Gasteiger partial charge in [-0.05, 0) is 93.8 Å². The fourth-order valence-corrected chi connectivity index (χ4v) is 5.66. The van der Waals surface area contributed by atoms with Crippen molar-refractivity contribution < 1.29 is 32.3 Å². The van der Waals surface area contributed by atoms with Crippen molar-refractivity contribution in [3.8, 4) is 6.07 Å². The standard InChI is InChI=1S/C38H33F3N4O4/c1-24-32(34(46)29-11-8-18-43-22-29)33(27-16-14-25(21-42)15-17-27)44(36(48)45(24)31-13-7-12-30(20-31)38(39,40)41)23-26-9-5-6-10-28(19-26)35(47)49-37(2,3)4/h6-20,22,33H,5,23H2,1-4H3. The number of Topliss-reactive ketones (excluding diaryl/α,β-unsaturated/α-hetero) is 1. The van der Waals surface area contributed by atoms with Crippen molar-refractivity contribution >= 4 is 23.5 Å². The lowest BCUT2D eigenvalue weighted by Gasteiger charge is -2.43. The SMILES string of the molecule is CC1=C(C(=O)c2cccnc2)C(c2ccc(C#N)cc2)N(CC2=CCC=CC(C(=O)OC(C)(C)C)=C2)C(=O)N1c1cccc(C(F)(F)F)c1. The molecular weight excluding hydrogens is 633 g/mol. The second-order valence-electron chi connectivity index (χ2n) is 12.5. The molecule has 250 valence electrons. The van der Waals surface area contributed by atoms with E-state index in [1.807, 2.05) is 6.08 Å². The zero-order valence-corrected chi connectivity index (χ0v) is 27.3. The van der Waals surface area contributed by atoms with Gasteiger partial charge in [0.15, 0.2) is 5.78 Å². The van der Waals surface area contributed by atoms with Gasteiger partial charge >= 0.3 is 18.2 Å². The number of carbonyl (C=O) groups excluding carboxylic acids is 3. The molecule has 11 heteroatoms. The van der Waals surface area contributed by atoms with Gasteiger partial charge in [-0.1, -0.05) is 36.4 Å². The minimum absolute atomic E-state index is 0.0846. The van der Waals surface area contributed by atoms with Crippen molar-refractivity contribution in [1.29, 1.82) is 5.26 Å². The number of nitriles is 1. The van der Waals surface area contributed by atoms with Crippen LogP contribution < -0.4 is 4.90 Å². The fraction of sp³-hybridized carbons (Fsp3) is 0.237. The van der Waals surface area contributed by atoms with Gasteiger partial charge in [0.25, 0.3) is 0 Å². The average molecular weight is 667 g/mol. The van der Waals surface area contributed by atoms with Crippen LogP contribution >= 0.6 is 0 Å².